The van der Waals surface area contributed by atoms with Crippen LogP contribution in [0.3, 0.4) is 0 Å². The fourth-order valence-corrected chi connectivity index (χ4v) is 1.75. The predicted octanol–water partition coefficient (Wildman–Crippen LogP) is 1.93. The van der Waals surface area contributed by atoms with Gasteiger partial charge in [0, 0.05) is 18.1 Å². The summed E-state index contributed by atoms with van der Waals surface area (Å²) in [7, 11) is 1.58. The molecule has 0 aliphatic heterocycles. The number of nitrogens with one attached hydrogen (secondary N) is 2. The van der Waals surface area contributed by atoms with Gasteiger partial charge in [-0.05, 0) is 34.1 Å². The van der Waals surface area contributed by atoms with E-state index in [-0.39, 0.29) is 5.56 Å². The number of carboxylic acid groups (broad SMARTS) is 1. The van der Waals surface area contributed by atoms with E-state index < -0.39 is 12.0 Å². The van der Waals surface area contributed by atoms with Gasteiger partial charge in [-0.15, -0.1) is 0 Å². The van der Waals surface area contributed by atoms with Crippen molar-refractivity contribution in [3.05, 3.63) is 28.2 Å². The molecule has 0 aliphatic carbocycles. The van der Waals surface area contributed by atoms with Gasteiger partial charge < -0.3 is 25.2 Å². The first-order chi connectivity index (χ1) is 10.0. The summed E-state index contributed by atoms with van der Waals surface area (Å²) in [5.74, 6) is -1.06. The molecule has 0 saturated heterocycles. The minimum atomic E-state index is -1.06. The summed E-state index contributed by atoms with van der Waals surface area (Å²) in [6, 6.07) is 3.95. The molecule has 116 valence electrons. The lowest BCUT2D eigenvalue weighted by atomic mass is 10.2. The second-order valence-electron chi connectivity index (χ2n) is 3.99. The Morgan fingerprint density at radius 2 is 2.05 bits per heavy atom. The van der Waals surface area contributed by atoms with E-state index in [9.17, 15) is 9.59 Å². The molecular formula is C13H17BrN2O5. The number of aromatic carboxylic acids is 1. The van der Waals surface area contributed by atoms with Crippen LogP contribution in [0.5, 0.6) is 0 Å². The van der Waals surface area contributed by atoms with Crippen LogP contribution in [0.1, 0.15) is 10.4 Å². The maximum atomic E-state index is 11.7. The average Bonchev–Trinajstić information content (AvgIpc) is 2.44. The number of benzene rings is 1. The van der Waals surface area contributed by atoms with Crippen LogP contribution in [0.2, 0.25) is 0 Å². The number of carboxylic acids is 1. The first-order valence-electron chi connectivity index (χ1n) is 6.19. The van der Waals surface area contributed by atoms with Gasteiger partial charge in [0.2, 0.25) is 0 Å². The number of amides is 2. The minimum absolute atomic E-state index is 0.0939. The molecular weight excluding hydrogens is 344 g/mol. The molecule has 1 rings (SSSR count). The van der Waals surface area contributed by atoms with E-state index in [2.05, 4.69) is 26.6 Å². The first kappa shape index (κ1) is 17.4. The molecule has 0 radical (unpaired) electrons. The minimum Gasteiger partial charge on any atom is -0.478 e. The highest BCUT2D eigenvalue weighted by molar-refractivity contribution is 9.10. The maximum absolute atomic E-state index is 11.7. The number of carbonyl (C=O) groups is 2. The summed E-state index contributed by atoms with van der Waals surface area (Å²) in [4.78, 5) is 22.5. The van der Waals surface area contributed by atoms with Crippen LogP contribution in [0.25, 0.3) is 0 Å². The van der Waals surface area contributed by atoms with Crippen molar-refractivity contribution in [3.8, 4) is 0 Å². The molecule has 7 nitrogen and oxygen atoms in total. The van der Waals surface area contributed by atoms with Gasteiger partial charge >= 0.3 is 12.0 Å². The molecule has 0 unspecified atom stereocenters. The second kappa shape index (κ2) is 9.32. The van der Waals surface area contributed by atoms with Gasteiger partial charge in [-0.2, -0.15) is 0 Å². The van der Waals surface area contributed by atoms with Gasteiger partial charge in [0.25, 0.3) is 0 Å². The summed E-state index contributed by atoms with van der Waals surface area (Å²) in [5, 5.41) is 14.1. The fourth-order valence-electron chi connectivity index (χ4n) is 1.40. The first-order valence-corrected chi connectivity index (χ1v) is 6.98. The lowest BCUT2D eigenvalue weighted by Crippen LogP contribution is -2.32. The largest absolute Gasteiger partial charge is 0.478 e. The number of rotatable bonds is 8. The van der Waals surface area contributed by atoms with Crippen molar-refractivity contribution in [2.75, 3.05) is 38.8 Å². The van der Waals surface area contributed by atoms with Crippen LogP contribution >= 0.6 is 15.9 Å². The highest BCUT2D eigenvalue weighted by Crippen LogP contribution is 2.23. The van der Waals surface area contributed by atoms with E-state index in [4.69, 9.17) is 14.6 Å². The molecule has 0 atom stereocenters. The number of urea groups is 1. The Labute approximate surface area is 130 Å². The molecule has 3 N–H and O–H groups in total. The molecule has 0 aliphatic rings. The van der Waals surface area contributed by atoms with Crippen molar-refractivity contribution in [1.29, 1.82) is 0 Å². The number of halogens is 1. The second-order valence-corrected chi connectivity index (χ2v) is 4.84. The molecule has 1 aromatic carbocycles. The van der Waals surface area contributed by atoms with Crippen molar-refractivity contribution in [2.45, 2.75) is 0 Å². The summed E-state index contributed by atoms with van der Waals surface area (Å²) in [6.45, 7) is 1.67. The number of hydrogen-bond donors (Lipinski definition) is 3. The van der Waals surface area contributed by atoms with Gasteiger partial charge in [-0.3, -0.25) is 0 Å². The summed E-state index contributed by atoms with van der Waals surface area (Å²) in [5.41, 5.74) is 0.476. The van der Waals surface area contributed by atoms with Crippen molar-refractivity contribution < 1.29 is 24.2 Å². The molecule has 2 amide bonds. The highest BCUT2D eigenvalue weighted by atomic mass is 79.9. The lowest BCUT2D eigenvalue weighted by molar-refractivity contribution is 0.0697. The van der Waals surface area contributed by atoms with E-state index >= 15 is 0 Å². The molecule has 1 aromatic rings. The molecule has 21 heavy (non-hydrogen) atoms. The zero-order valence-electron chi connectivity index (χ0n) is 11.5. The molecule has 0 fully saturated rings. The standard InChI is InChI=1S/C13H17BrN2O5/c1-20-6-7-21-5-4-15-13(19)16-11-8-9(12(17)18)2-3-10(11)14/h2-3,8H,4-7H2,1H3,(H,17,18)(H2,15,16,19). The third-order valence-electron chi connectivity index (χ3n) is 2.43. The van der Waals surface area contributed by atoms with Crippen LogP contribution in [-0.4, -0.2) is 50.6 Å². The van der Waals surface area contributed by atoms with E-state index in [1.54, 1.807) is 13.2 Å². The van der Waals surface area contributed by atoms with E-state index in [1.807, 2.05) is 0 Å². The molecule has 0 bridgehead atoms. The van der Waals surface area contributed by atoms with Gasteiger partial charge in [0.15, 0.2) is 0 Å². The zero-order valence-corrected chi connectivity index (χ0v) is 13.1. The number of methoxy groups -OCH3 is 1. The van der Waals surface area contributed by atoms with Crippen LogP contribution in [-0.2, 0) is 9.47 Å². The third kappa shape index (κ3) is 6.56. The SMILES string of the molecule is COCCOCCNC(=O)Nc1cc(C(=O)O)ccc1Br. The smallest absolute Gasteiger partial charge is 0.335 e. The molecule has 0 spiro atoms. The normalized spacial score (nSPS) is 10.2. The molecule has 8 heteroatoms. The zero-order chi connectivity index (χ0) is 15.7. The summed E-state index contributed by atoms with van der Waals surface area (Å²) in [6.07, 6.45) is 0. The van der Waals surface area contributed by atoms with E-state index in [1.165, 1.54) is 12.1 Å². The predicted molar refractivity (Wildman–Crippen MR) is 80.8 cm³/mol. The Kier molecular flexibility index (Phi) is 7.73. The van der Waals surface area contributed by atoms with Crippen LogP contribution in [0, 0.1) is 0 Å². The van der Waals surface area contributed by atoms with Gasteiger partial charge in [0.1, 0.15) is 0 Å². The Hall–Kier alpha value is -1.64. The van der Waals surface area contributed by atoms with Gasteiger partial charge in [0.05, 0.1) is 31.1 Å². The summed E-state index contributed by atoms with van der Waals surface area (Å²) < 4.78 is 10.6. The summed E-state index contributed by atoms with van der Waals surface area (Å²) >= 11 is 3.24. The Balaban J connectivity index is 2.40. The monoisotopic (exact) mass is 360 g/mol. The topological polar surface area (TPSA) is 96.9 Å². The van der Waals surface area contributed by atoms with Crippen molar-refractivity contribution in [1.82, 2.24) is 5.32 Å². The lowest BCUT2D eigenvalue weighted by Gasteiger charge is -2.10. The van der Waals surface area contributed by atoms with Crippen LogP contribution < -0.4 is 10.6 Å². The Morgan fingerprint density at radius 3 is 2.71 bits per heavy atom. The van der Waals surface area contributed by atoms with Crippen LogP contribution in [0.15, 0.2) is 22.7 Å². The molecule has 0 heterocycles. The van der Waals surface area contributed by atoms with E-state index in [0.717, 1.165) is 0 Å². The number of anilines is 1. The van der Waals surface area contributed by atoms with Crippen molar-refractivity contribution >= 4 is 33.6 Å². The molecule has 0 aromatic heterocycles. The van der Waals surface area contributed by atoms with Crippen molar-refractivity contribution in [2.24, 2.45) is 0 Å². The number of carbonyl (C=O) groups excluding carboxylic acids is 1. The van der Waals surface area contributed by atoms with Gasteiger partial charge in [-0.1, -0.05) is 0 Å². The number of ether oxygens (including phenoxy) is 2. The quantitative estimate of drug-likeness (QED) is 0.615. The third-order valence-corrected chi connectivity index (χ3v) is 3.12. The Bertz CT molecular complexity index is 495. The van der Waals surface area contributed by atoms with Crippen LogP contribution in [0.4, 0.5) is 10.5 Å². The average molecular weight is 361 g/mol. The molecule has 0 saturated carbocycles. The van der Waals surface area contributed by atoms with E-state index in [0.29, 0.717) is 36.5 Å². The Morgan fingerprint density at radius 1 is 1.29 bits per heavy atom. The van der Waals surface area contributed by atoms with Crippen molar-refractivity contribution in [3.63, 3.8) is 0 Å². The number of hydrogen-bond acceptors (Lipinski definition) is 4. The fraction of sp³-hybridized carbons (Fsp3) is 0.385. The maximum Gasteiger partial charge on any atom is 0.335 e. The highest BCUT2D eigenvalue weighted by Gasteiger charge is 2.09. The van der Waals surface area contributed by atoms with Gasteiger partial charge in [-0.25, -0.2) is 9.59 Å².